The Balaban J connectivity index is 1.55. The number of fused-ring (bicyclic) bond motifs is 1. The molecule has 158 valence electrons. The summed E-state index contributed by atoms with van der Waals surface area (Å²) >= 11 is 0. The standard InChI is InChI=1S/C23H35N5O/c1-5-18(4)23(29)24-15-22-26-25-21-10-11-27(12-13-28(21)22)16-20-8-6-19(7-9-20)14-17(2)3/h6-9,17-18H,5,10-16H2,1-4H3,(H,24,29). The summed E-state index contributed by atoms with van der Waals surface area (Å²) in [4.78, 5) is 14.5. The van der Waals surface area contributed by atoms with Crippen molar-refractivity contribution >= 4 is 5.91 Å². The molecule has 6 nitrogen and oxygen atoms in total. The van der Waals surface area contributed by atoms with Gasteiger partial charge >= 0.3 is 0 Å². The molecular weight excluding hydrogens is 362 g/mol. The summed E-state index contributed by atoms with van der Waals surface area (Å²) in [5.41, 5.74) is 2.77. The van der Waals surface area contributed by atoms with E-state index in [2.05, 4.69) is 63.1 Å². The average Bonchev–Trinajstić information content (AvgIpc) is 2.99. The lowest BCUT2D eigenvalue weighted by molar-refractivity contribution is -0.124. The normalized spacial score (nSPS) is 15.8. The van der Waals surface area contributed by atoms with Gasteiger partial charge in [0.2, 0.25) is 5.91 Å². The van der Waals surface area contributed by atoms with Crippen molar-refractivity contribution in [3.63, 3.8) is 0 Å². The number of benzene rings is 1. The van der Waals surface area contributed by atoms with E-state index in [4.69, 9.17) is 0 Å². The van der Waals surface area contributed by atoms with E-state index >= 15 is 0 Å². The number of nitrogens with zero attached hydrogens (tertiary/aromatic N) is 4. The second-order valence-electron chi connectivity index (χ2n) is 8.65. The van der Waals surface area contributed by atoms with Crippen molar-refractivity contribution in [2.75, 3.05) is 13.1 Å². The highest BCUT2D eigenvalue weighted by molar-refractivity contribution is 5.78. The van der Waals surface area contributed by atoms with Crippen LogP contribution in [0.25, 0.3) is 0 Å². The second-order valence-corrected chi connectivity index (χ2v) is 8.65. The highest BCUT2D eigenvalue weighted by atomic mass is 16.1. The number of rotatable bonds is 8. The summed E-state index contributed by atoms with van der Waals surface area (Å²) in [6, 6.07) is 9.05. The third-order valence-electron chi connectivity index (χ3n) is 5.75. The van der Waals surface area contributed by atoms with Crippen molar-refractivity contribution in [3.8, 4) is 0 Å². The quantitative estimate of drug-likeness (QED) is 0.743. The first-order valence-corrected chi connectivity index (χ1v) is 10.9. The van der Waals surface area contributed by atoms with Gasteiger partial charge < -0.3 is 9.88 Å². The lowest BCUT2D eigenvalue weighted by Gasteiger charge is -2.20. The van der Waals surface area contributed by atoms with Gasteiger partial charge in [0, 0.05) is 38.5 Å². The summed E-state index contributed by atoms with van der Waals surface area (Å²) in [7, 11) is 0. The van der Waals surface area contributed by atoms with Gasteiger partial charge in [-0.1, -0.05) is 52.0 Å². The number of hydrogen-bond donors (Lipinski definition) is 1. The molecule has 1 aliphatic heterocycles. The Morgan fingerprint density at radius 1 is 1.07 bits per heavy atom. The molecule has 3 rings (SSSR count). The van der Waals surface area contributed by atoms with Crippen LogP contribution >= 0.6 is 0 Å². The molecule has 1 aliphatic rings. The van der Waals surface area contributed by atoms with Crippen molar-refractivity contribution in [2.24, 2.45) is 11.8 Å². The van der Waals surface area contributed by atoms with Gasteiger partial charge in [0.25, 0.3) is 0 Å². The van der Waals surface area contributed by atoms with E-state index in [-0.39, 0.29) is 11.8 Å². The monoisotopic (exact) mass is 397 g/mol. The first kappa shape index (κ1) is 21.5. The fraction of sp³-hybridized carbons (Fsp3) is 0.609. The predicted octanol–water partition coefficient (Wildman–Crippen LogP) is 3.20. The van der Waals surface area contributed by atoms with E-state index < -0.39 is 0 Å². The molecule has 1 N–H and O–H groups in total. The van der Waals surface area contributed by atoms with Crippen LogP contribution in [0.1, 0.15) is 56.9 Å². The Bertz CT molecular complexity index is 796. The average molecular weight is 398 g/mol. The van der Waals surface area contributed by atoms with Crippen LogP contribution in [-0.2, 0) is 37.3 Å². The molecule has 1 aromatic heterocycles. The van der Waals surface area contributed by atoms with Crippen LogP contribution < -0.4 is 5.32 Å². The number of hydrogen-bond acceptors (Lipinski definition) is 4. The Morgan fingerprint density at radius 2 is 1.79 bits per heavy atom. The summed E-state index contributed by atoms with van der Waals surface area (Å²) in [5, 5.41) is 11.7. The van der Waals surface area contributed by atoms with Crippen molar-refractivity contribution in [1.29, 1.82) is 0 Å². The Hall–Kier alpha value is -2.21. The van der Waals surface area contributed by atoms with Gasteiger partial charge in [-0.25, -0.2) is 0 Å². The number of carbonyl (C=O) groups excluding carboxylic acids is 1. The van der Waals surface area contributed by atoms with E-state index in [1.54, 1.807) is 0 Å². The molecule has 0 saturated heterocycles. The summed E-state index contributed by atoms with van der Waals surface area (Å²) in [5.74, 6) is 2.68. The number of carbonyl (C=O) groups is 1. The topological polar surface area (TPSA) is 63.1 Å². The van der Waals surface area contributed by atoms with E-state index in [1.165, 1.54) is 11.1 Å². The van der Waals surface area contributed by atoms with Gasteiger partial charge in [0.1, 0.15) is 5.82 Å². The Morgan fingerprint density at radius 3 is 2.48 bits per heavy atom. The third-order valence-corrected chi connectivity index (χ3v) is 5.75. The maximum atomic E-state index is 12.1. The van der Waals surface area contributed by atoms with Crippen LogP contribution in [0.5, 0.6) is 0 Å². The molecule has 1 amide bonds. The molecule has 0 spiro atoms. The molecule has 1 atom stereocenters. The first-order valence-electron chi connectivity index (χ1n) is 10.9. The maximum absolute atomic E-state index is 12.1. The van der Waals surface area contributed by atoms with Gasteiger partial charge in [0.05, 0.1) is 6.54 Å². The minimum Gasteiger partial charge on any atom is -0.349 e. The lowest BCUT2D eigenvalue weighted by Crippen LogP contribution is -2.30. The van der Waals surface area contributed by atoms with Gasteiger partial charge in [-0.3, -0.25) is 9.69 Å². The molecule has 0 saturated carbocycles. The molecule has 6 heteroatoms. The molecule has 1 unspecified atom stereocenters. The Kier molecular flexibility index (Phi) is 7.42. The van der Waals surface area contributed by atoms with E-state index in [0.29, 0.717) is 12.5 Å². The minimum atomic E-state index is 0.0314. The van der Waals surface area contributed by atoms with Crippen LogP contribution in [0.3, 0.4) is 0 Å². The van der Waals surface area contributed by atoms with Crippen molar-refractivity contribution in [3.05, 3.63) is 47.0 Å². The van der Waals surface area contributed by atoms with Crippen LogP contribution in [0.2, 0.25) is 0 Å². The molecule has 0 aliphatic carbocycles. The van der Waals surface area contributed by atoms with E-state index in [0.717, 1.165) is 57.1 Å². The second kappa shape index (κ2) is 10.0. The molecule has 1 aromatic carbocycles. The maximum Gasteiger partial charge on any atom is 0.223 e. The molecule has 0 fully saturated rings. The molecule has 2 aromatic rings. The summed E-state index contributed by atoms with van der Waals surface area (Å²) in [6.45, 7) is 12.7. The largest absolute Gasteiger partial charge is 0.349 e. The zero-order chi connectivity index (χ0) is 20.8. The molecular formula is C23H35N5O. The van der Waals surface area contributed by atoms with Gasteiger partial charge in [0.15, 0.2) is 5.82 Å². The minimum absolute atomic E-state index is 0.0314. The first-order chi connectivity index (χ1) is 14.0. The number of aromatic nitrogens is 3. The highest BCUT2D eigenvalue weighted by Gasteiger charge is 2.19. The predicted molar refractivity (Wildman–Crippen MR) is 115 cm³/mol. The van der Waals surface area contributed by atoms with E-state index in [1.807, 2.05) is 13.8 Å². The van der Waals surface area contributed by atoms with Crippen LogP contribution in [0, 0.1) is 11.8 Å². The zero-order valence-corrected chi connectivity index (χ0v) is 18.3. The highest BCUT2D eigenvalue weighted by Crippen LogP contribution is 2.15. The molecule has 0 radical (unpaired) electrons. The van der Waals surface area contributed by atoms with Gasteiger partial charge in [-0.2, -0.15) is 0 Å². The van der Waals surface area contributed by atoms with Crippen LogP contribution in [-0.4, -0.2) is 38.7 Å². The number of nitrogens with one attached hydrogen (secondary N) is 1. The van der Waals surface area contributed by atoms with Crippen LogP contribution in [0.15, 0.2) is 24.3 Å². The zero-order valence-electron chi connectivity index (χ0n) is 18.3. The SMILES string of the molecule is CCC(C)C(=O)NCc1nnc2n1CCN(Cc1ccc(CC(C)C)cc1)CC2. The van der Waals surface area contributed by atoms with Crippen LogP contribution in [0.4, 0.5) is 0 Å². The van der Waals surface area contributed by atoms with Gasteiger partial charge in [-0.15, -0.1) is 10.2 Å². The van der Waals surface area contributed by atoms with Gasteiger partial charge in [-0.05, 0) is 29.9 Å². The summed E-state index contributed by atoms with van der Waals surface area (Å²) in [6.07, 6.45) is 2.86. The molecule has 2 heterocycles. The summed E-state index contributed by atoms with van der Waals surface area (Å²) < 4.78 is 2.18. The fourth-order valence-electron chi connectivity index (χ4n) is 3.75. The van der Waals surface area contributed by atoms with Crippen molar-refractivity contribution in [1.82, 2.24) is 25.0 Å². The smallest absolute Gasteiger partial charge is 0.223 e. The Labute approximate surface area is 174 Å². The van der Waals surface area contributed by atoms with E-state index in [9.17, 15) is 4.79 Å². The number of amides is 1. The molecule has 0 bridgehead atoms. The van der Waals surface area contributed by atoms with Crippen molar-refractivity contribution in [2.45, 2.75) is 66.6 Å². The van der Waals surface area contributed by atoms with Crippen molar-refractivity contribution < 1.29 is 4.79 Å². The molecule has 29 heavy (non-hydrogen) atoms. The third kappa shape index (κ3) is 5.89. The lowest BCUT2D eigenvalue weighted by atomic mass is 10.0. The fourth-order valence-corrected chi connectivity index (χ4v) is 3.75.